The summed E-state index contributed by atoms with van der Waals surface area (Å²) in [6.45, 7) is 7.41. The van der Waals surface area contributed by atoms with Crippen LogP contribution in [0, 0.1) is 5.92 Å². The summed E-state index contributed by atoms with van der Waals surface area (Å²) in [7, 11) is 0. The lowest BCUT2D eigenvalue weighted by atomic mass is 9.95. The summed E-state index contributed by atoms with van der Waals surface area (Å²) in [6, 6.07) is 0. The van der Waals surface area contributed by atoms with Gasteiger partial charge in [0, 0.05) is 51.4 Å². The Morgan fingerprint density at radius 1 is 1.00 bits per heavy atom. The quantitative estimate of drug-likeness (QED) is 0.744. The van der Waals surface area contributed by atoms with E-state index in [0.717, 1.165) is 64.4 Å². The minimum atomic E-state index is 0.136. The Kier molecular flexibility index (Phi) is 6.47. The molecule has 0 atom stereocenters. The van der Waals surface area contributed by atoms with Crippen molar-refractivity contribution in [3.8, 4) is 0 Å². The average molecular weight is 404 g/mol. The van der Waals surface area contributed by atoms with Crippen LogP contribution in [0.5, 0.6) is 0 Å². The predicted molar refractivity (Wildman–Crippen MR) is 107 cm³/mol. The van der Waals surface area contributed by atoms with Gasteiger partial charge in [-0.15, -0.1) is 0 Å². The SMILES string of the molecule is CC(=O)N1CCC(c2noc(CC3CN(C(=O)CN4CCCCCC4)C3)n2)CC1. The van der Waals surface area contributed by atoms with Gasteiger partial charge in [0.15, 0.2) is 5.82 Å². The van der Waals surface area contributed by atoms with Gasteiger partial charge in [0.1, 0.15) is 0 Å². The maximum atomic E-state index is 12.5. The van der Waals surface area contributed by atoms with E-state index < -0.39 is 0 Å². The summed E-state index contributed by atoms with van der Waals surface area (Å²) in [5, 5.41) is 4.18. The van der Waals surface area contributed by atoms with Crippen LogP contribution in [0.25, 0.3) is 0 Å². The Morgan fingerprint density at radius 3 is 2.34 bits per heavy atom. The minimum absolute atomic E-state index is 0.136. The monoisotopic (exact) mass is 403 g/mol. The van der Waals surface area contributed by atoms with Crippen molar-refractivity contribution in [1.82, 2.24) is 24.8 Å². The van der Waals surface area contributed by atoms with Gasteiger partial charge in [-0.3, -0.25) is 14.5 Å². The lowest BCUT2D eigenvalue weighted by Crippen LogP contribution is -2.53. The van der Waals surface area contributed by atoms with Crippen LogP contribution < -0.4 is 0 Å². The molecule has 0 unspecified atom stereocenters. The van der Waals surface area contributed by atoms with Crippen LogP contribution in [0.4, 0.5) is 0 Å². The molecule has 0 spiro atoms. The van der Waals surface area contributed by atoms with Gasteiger partial charge < -0.3 is 14.3 Å². The largest absolute Gasteiger partial charge is 0.343 e. The molecule has 1 aromatic heterocycles. The minimum Gasteiger partial charge on any atom is -0.343 e. The fraction of sp³-hybridized carbons (Fsp3) is 0.810. The molecule has 0 N–H and O–H groups in total. The van der Waals surface area contributed by atoms with Crippen molar-refractivity contribution in [2.24, 2.45) is 5.92 Å². The van der Waals surface area contributed by atoms with Crippen molar-refractivity contribution in [3.05, 3.63) is 11.7 Å². The molecule has 3 saturated heterocycles. The molecule has 0 bridgehead atoms. The number of amides is 2. The summed E-state index contributed by atoms with van der Waals surface area (Å²) >= 11 is 0. The van der Waals surface area contributed by atoms with Gasteiger partial charge in [0.2, 0.25) is 17.7 Å². The van der Waals surface area contributed by atoms with Crippen LogP contribution in [0.2, 0.25) is 0 Å². The standard InChI is InChI=1S/C21H33N5O3/c1-16(27)25-10-6-18(7-11-25)21-22-19(29-23-21)12-17-13-26(14-17)20(28)15-24-8-4-2-3-5-9-24/h17-18H,2-15H2,1H3. The van der Waals surface area contributed by atoms with Crippen LogP contribution in [0.3, 0.4) is 0 Å². The molecule has 0 aliphatic carbocycles. The third-order valence-corrected chi connectivity index (χ3v) is 6.62. The first-order valence-electron chi connectivity index (χ1n) is 11.2. The third kappa shape index (κ3) is 5.15. The Labute approximate surface area is 172 Å². The molecule has 8 nitrogen and oxygen atoms in total. The number of rotatable bonds is 5. The number of aromatic nitrogens is 2. The van der Waals surface area contributed by atoms with Crippen molar-refractivity contribution in [3.63, 3.8) is 0 Å². The van der Waals surface area contributed by atoms with E-state index in [1.807, 2.05) is 9.80 Å². The van der Waals surface area contributed by atoms with E-state index in [2.05, 4.69) is 15.0 Å². The molecule has 160 valence electrons. The third-order valence-electron chi connectivity index (χ3n) is 6.62. The normalized spacial score (nSPS) is 22.4. The number of piperidine rings is 1. The maximum absolute atomic E-state index is 12.5. The molecule has 0 radical (unpaired) electrons. The average Bonchev–Trinajstić information content (AvgIpc) is 3.00. The smallest absolute Gasteiger partial charge is 0.236 e. The summed E-state index contributed by atoms with van der Waals surface area (Å²) in [5.74, 6) is 2.53. The van der Waals surface area contributed by atoms with E-state index in [1.165, 1.54) is 25.7 Å². The van der Waals surface area contributed by atoms with Crippen molar-refractivity contribution in [2.75, 3.05) is 45.8 Å². The number of nitrogens with zero attached hydrogens (tertiary/aromatic N) is 5. The van der Waals surface area contributed by atoms with Crippen molar-refractivity contribution in [1.29, 1.82) is 0 Å². The topological polar surface area (TPSA) is 82.8 Å². The van der Waals surface area contributed by atoms with Gasteiger partial charge in [0.05, 0.1) is 6.54 Å². The Hall–Kier alpha value is -1.96. The van der Waals surface area contributed by atoms with E-state index >= 15 is 0 Å². The summed E-state index contributed by atoms with van der Waals surface area (Å²) in [5.41, 5.74) is 0. The summed E-state index contributed by atoms with van der Waals surface area (Å²) in [6.07, 6.45) is 7.53. The van der Waals surface area contributed by atoms with Gasteiger partial charge in [-0.1, -0.05) is 18.0 Å². The second kappa shape index (κ2) is 9.24. The second-order valence-corrected chi connectivity index (χ2v) is 8.89. The molecular weight excluding hydrogens is 370 g/mol. The second-order valence-electron chi connectivity index (χ2n) is 8.89. The van der Waals surface area contributed by atoms with E-state index in [0.29, 0.717) is 18.4 Å². The lowest BCUT2D eigenvalue weighted by Gasteiger charge is -2.39. The highest BCUT2D eigenvalue weighted by molar-refractivity contribution is 5.79. The first-order valence-corrected chi connectivity index (χ1v) is 11.2. The molecule has 8 heteroatoms. The van der Waals surface area contributed by atoms with Crippen LogP contribution in [-0.4, -0.2) is 82.5 Å². The molecule has 0 saturated carbocycles. The van der Waals surface area contributed by atoms with Crippen LogP contribution in [-0.2, 0) is 16.0 Å². The first kappa shape index (κ1) is 20.3. The van der Waals surface area contributed by atoms with E-state index in [4.69, 9.17) is 4.52 Å². The van der Waals surface area contributed by atoms with Crippen LogP contribution >= 0.6 is 0 Å². The van der Waals surface area contributed by atoms with Crippen molar-refractivity contribution >= 4 is 11.8 Å². The zero-order valence-corrected chi connectivity index (χ0v) is 17.5. The first-order chi connectivity index (χ1) is 14.1. The highest BCUT2D eigenvalue weighted by Crippen LogP contribution is 2.27. The number of hydrogen-bond acceptors (Lipinski definition) is 6. The number of carbonyl (C=O) groups excluding carboxylic acids is 2. The van der Waals surface area contributed by atoms with Gasteiger partial charge >= 0.3 is 0 Å². The summed E-state index contributed by atoms with van der Waals surface area (Å²) < 4.78 is 5.48. The Morgan fingerprint density at radius 2 is 1.69 bits per heavy atom. The number of likely N-dealkylation sites (tertiary alicyclic amines) is 3. The molecule has 29 heavy (non-hydrogen) atoms. The molecule has 2 amide bonds. The fourth-order valence-corrected chi connectivity index (χ4v) is 4.70. The molecule has 1 aromatic rings. The lowest BCUT2D eigenvalue weighted by molar-refractivity contribution is -0.138. The molecule has 4 rings (SSSR count). The fourth-order valence-electron chi connectivity index (χ4n) is 4.70. The van der Waals surface area contributed by atoms with E-state index in [9.17, 15) is 9.59 Å². The zero-order valence-electron chi connectivity index (χ0n) is 17.5. The van der Waals surface area contributed by atoms with Crippen molar-refractivity contribution < 1.29 is 14.1 Å². The van der Waals surface area contributed by atoms with Gasteiger partial charge in [0.25, 0.3) is 0 Å². The maximum Gasteiger partial charge on any atom is 0.236 e. The van der Waals surface area contributed by atoms with Gasteiger partial charge in [-0.2, -0.15) is 4.98 Å². The molecule has 0 aromatic carbocycles. The van der Waals surface area contributed by atoms with Crippen LogP contribution in [0.1, 0.15) is 63.1 Å². The zero-order chi connectivity index (χ0) is 20.2. The number of carbonyl (C=O) groups is 2. The highest BCUT2D eigenvalue weighted by atomic mass is 16.5. The van der Waals surface area contributed by atoms with E-state index in [1.54, 1.807) is 6.92 Å². The van der Waals surface area contributed by atoms with Crippen molar-refractivity contribution in [2.45, 2.75) is 57.8 Å². The van der Waals surface area contributed by atoms with E-state index in [-0.39, 0.29) is 17.7 Å². The Bertz CT molecular complexity index is 699. The van der Waals surface area contributed by atoms with Gasteiger partial charge in [-0.25, -0.2) is 0 Å². The highest BCUT2D eigenvalue weighted by Gasteiger charge is 2.33. The van der Waals surface area contributed by atoms with Gasteiger partial charge in [-0.05, 0) is 38.8 Å². The Balaban J connectivity index is 1.19. The molecular formula is C21H33N5O3. The molecule has 3 aliphatic heterocycles. The summed E-state index contributed by atoms with van der Waals surface area (Å²) in [4.78, 5) is 34.7. The van der Waals surface area contributed by atoms with Crippen LogP contribution in [0.15, 0.2) is 4.52 Å². The molecule has 4 heterocycles. The molecule has 3 fully saturated rings. The predicted octanol–water partition coefficient (Wildman–Crippen LogP) is 1.67. The molecule has 3 aliphatic rings. The number of hydrogen-bond donors (Lipinski definition) is 0.